The lowest BCUT2D eigenvalue weighted by atomic mass is 10.0. The van der Waals surface area contributed by atoms with Crippen LogP contribution < -0.4 is 4.74 Å². The molecule has 4 aromatic rings. The zero-order valence-corrected chi connectivity index (χ0v) is 17.0. The molecule has 0 fully saturated rings. The van der Waals surface area contributed by atoms with Gasteiger partial charge < -0.3 is 9.72 Å². The molecular formula is C24H20ClN3O. The Hall–Kier alpha value is -3.29. The van der Waals surface area contributed by atoms with Crippen molar-refractivity contribution in [1.82, 2.24) is 9.97 Å². The number of halogens is 1. The third-order valence-corrected chi connectivity index (χ3v) is 5.27. The zero-order valence-electron chi connectivity index (χ0n) is 16.3. The maximum atomic E-state index is 9.41. The van der Waals surface area contributed by atoms with Crippen LogP contribution in [0.2, 0.25) is 5.15 Å². The molecule has 2 aromatic heterocycles. The van der Waals surface area contributed by atoms with E-state index in [2.05, 4.69) is 23.0 Å². The van der Waals surface area contributed by atoms with E-state index in [0.717, 1.165) is 51.2 Å². The summed E-state index contributed by atoms with van der Waals surface area (Å²) in [7, 11) is 0. The summed E-state index contributed by atoms with van der Waals surface area (Å²) in [5.41, 5.74) is 5.99. The van der Waals surface area contributed by atoms with Crippen molar-refractivity contribution in [3.05, 3.63) is 82.3 Å². The molecule has 1 N–H and O–H groups in total. The number of aromatic amines is 1. The fraction of sp³-hybridized carbons (Fsp3) is 0.167. The van der Waals surface area contributed by atoms with Crippen molar-refractivity contribution in [1.29, 1.82) is 5.26 Å². The van der Waals surface area contributed by atoms with Crippen LogP contribution in [0.15, 0.2) is 54.6 Å². The molecule has 4 nitrogen and oxygen atoms in total. The summed E-state index contributed by atoms with van der Waals surface area (Å²) in [6.45, 7) is 4.38. The highest BCUT2D eigenvalue weighted by Gasteiger charge is 2.15. The van der Waals surface area contributed by atoms with Crippen LogP contribution in [-0.4, -0.2) is 9.97 Å². The first-order valence-electron chi connectivity index (χ1n) is 9.49. The van der Waals surface area contributed by atoms with Crippen LogP contribution in [0.25, 0.3) is 22.0 Å². The minimum absolute atomic E-state index is 0.447. The second-order valence-electron chi connectivity index (χ2n) is 6.89. The SMILES string of the molecule is CCc1cc(OCc2ccc(-c3c(Cl)[nH]c(C)c3C#N)cc2)c2ccccc2n1. The van der Waals surface area contributed by atoms with Gasteiger partial charge in [-0.15, -0.1) is 0 Å². The number of fused-ring (bicyclic) bond motifs is 1. The van der Waals surface area contributed by atoms with Gasteiger partial charge >= 0.3 is 0 Å². The van der Waals surface area contributed by atoms with Gasteiger partial charge in [-0.05, 0) is 36.6 Å². The van der Waals surface area contributed by atoms with E-state index in [9.17, 15) is 5.26 Å². The van der Waals surface area contributed by atoms with Crippen molar-refractivity contribution in [3.63, 3.8) is 0 Å². The summed E-state index contributed by atoms with van der Waals surface area (Å²) in [6.07, 6.45) is 0.855. The molecule has 2 heterocycles. The highest BCUT2D eigenvalue weighted by molar-refractivity contribution is 6.32. The minimum Gasteiger partial charge on any atom is -0.488 e. The van der Waals surface area contributed by atoms with Crippen LogP contribution in [0.4, 0.5) is 0 Å². The van der Waals surface area contributed by atoms with E-state index in [-0.39, 0.29) is 0 Å². The smallest absolute Gasteiger partial charge is 0.131 e. The molecule has 0 atom stereocenters. The second kappa shape index (κ2) is 7.98. The van der Waals surface area contributed by atoms with Gasteiger partial charge in [0, 0.05) is 28.4 Å². The number of hydrogen-bond acceptors (Lipinski definition) is 3. The van der Waals surface area contributed by atoms with Gasteiger partial charge in [0.25, 0.3) is 0 Å². The molecule has 0 bridgehead atoms. The number of hydrogen-bond donors (Lipinski definition) is 1. The van der Waals surface area contributed by atoms with Crippen LogP contribution in [0.5, 0.6) is 5.75 Å². The summed E-state index contributed by atoms with van der Waals surface area (Å²) in [4.78, 5) is 7.69. The Balaban J connectivity index is 1.58. The van der Waals surface area contributed by atoms with Gasteiger partial charge in [0.15, 0.2) is 0 Å². The first-order valence-corrected chi connectivity index (χ1v) is 9.87. The zero-order chi connectivity index (χ0) is 20.4. The third kappa shape index (κ3) is 3.70. The molecule has 0 amide bonds. The Morgan fingerprint density at radius 2 is 1.90 bits per heavy atom. The molecular weight excluding hydrogens is 382 g/mol. The minimum atomic E-state index is 0.447. The summed E-state index contributed by atoms with van der Waals surface area (Å²) in [5.74, 6) is 0.840. The number of nitrogens with one attached hydrogen (secondary N) is 1. The van der Waals surface area contributed by atoms with Crippen LogP contribution >= 0.6 is 11.6 Å². The Morgan fingerprint density at radius 1 is 1.14 bits per heavy atom. The lowest BCUT2D eigenvalue weighted by molar-refractivity contribution is 0.309. The molecule has 0 spiro atoms. The van der Waals surface area contributed by atoms with E-state index < -0.39 is 0 Å². The summed E-state index contributed by atoms with van der Waals surface area (Å²) in [5, 5.41) is 10.9. The molecule has 0 unspecified atom stereocenters. The number of pyridine rings is 1. The number of benzene rings is 2. The Labute approximate surface area is 174 Å². The summed E-state index contributed by atoms with van der Waals surface area (Å²) in [6, 6.07) is 20.2. The van der Waals surface area contributed by atoms with Crippen molar-refractivity contribution in [2.45, 2.75) is 26.9 Å². The van der Waals surface area contributed by atoms with Gasteiger partial charge in [-0.1, -0.05) is 54.9 Å². The normalized spacial score (nSPS) is 10.8. The number of H-pyrrole nitrogens is 1. The molecule has 29 heavy (non-hydrogen) atoms. The van der Waals surface area contributed by atoms with E-state index in [1.165, 1.54) is 0 Å². The Kier molecular flexibility index (Phi) is 5.24. The van der Waals surface area contributed by atoms with Crippen LogP contribution in [-0.2, 0) is 13.0 Å². The van der Waals surface area contributed by atoms with Crippen molar-refractivity contribution in [3.8, 4) is 22.9 Å². The molecule has 0 aliphatic carbocycles. The average molecular weight is 402 g/mol. The summed E-state index contributed by atoms with van der Waals surface area (Å²) >= 11 is 6.29. The first kappa shape index (κ1) is 19.0. The number of nitrogens with zero attached hydrogens (tertiary/aromatic N) is 2. The van der Waals surface area contributed by atoms with E-state index in [4.69, 9.17) is 16.3 Å². The average Bonchev–Trinajstić information content (AvgIpc) is 3.04. The predicted octanol–water partition coefficient (Wildman–Crippen LogP) is 6.20. The van der Waals surface area contributed by atoms with E-state index >= 15 is 0 Å². The molecule has 5 heteroatoms. The van der Waals surface area contributed by atoms with Crippen LogP contribution in [0, 0.1) is 18.3 Å². The van der Waals surface area contributed by atoms with Crippen molar-refractivity contribution in [2.75, 3.05) is 0 Å². The van der Waals surface area contributed by atoms with Gasteiger partial charge in [-0.3, -0.25) is 4.98 Å². The number of rotatable bonds is 5. The summed E-state index contributed by atoms with van der Waals surface area (Å²) < 4.78 is 6.14. The molecule has 4 rings (SSSR count). The first-order chi connectivity index (χ1) is 14.1. The van der Waals surface area contributed by atoms with Gasteiger partial charge in [-0.2, -0.15) is 5.26 Å². The lowest BCUT2D eigenvalue weighted by Crippen LogP contribution is -1.98. The van der Waals surface area contributed by atoms with E-state index in [0.29, 0.717) is 17.3 Å². The van der Waals surface area contributed by atoms with Crippen molar-refractivity contribution >= 4 is 22.5 Å². The Bertz CT molecular complexity index is 1220. The molecule has 0 radical (unpaired) electrons. The number of aromatic nitrogens is 2. The van der Waals surface area contributed by atoms with E-state index in [1.54, 1.807) is 0 Å². The van der Waals surface area contributed by atoms with Gasteiger partial charge in [0.05, 0.1) is 11.1 Å². The van der Waals surface area contributed by atoms with Gasteiger partial charge in [0.2, 0.25) is 0 Å². The number of ether oxygens (including phenoxy) is 1. The quantitative estimate of drug-likeness (QED) is 0.432. The largest absolute Gasteiger partial charge is 0.488 e. The second-order valence-corrected chi connectivity index (χ2v) is 7.27. The Morgan fingerprint density at radius 3 is 2.62 bits per heavy atom. The molecule has 0 aliphatic heterocycles. The monoisotopic (exact) mass is 401 g/mol. The topological polar surface area (TPSA) is 61.7 Å². The van der Waals surface area contributed by atoms with Crippen molar-refractivity contribution in [2.24, 2.45) is 0 Å². The molecule has 0 saturated heterocycles. The molecule has 0 saturated carbocycles. The molecule has 2 aromatic carbocycles. The lowest BCUT2D eigenvalue weighted by Gasteiger charge is -2.11. The van der Waals surface area contributed by atoms with Gasteiger partial charge in [-0.25, -0.2) is 0 Å². The van der Waals surface area contributed by atoms with Gasteiger partial charge in [0.1, 0.15) is 23.6 Å². The predicted molar refractivity (Wildman–Crippen MR) is 116 cm³/mol. The molecule has 0 aliphatic rings. The fourth-order valence-electron chi connectivity index (χ4n) is 3.42. The standard InChI is InChI=1S/C24H20ClN3O/c1-3-18-12-22(19-6-4-5-7-21(19)28-18)29-14-16-8-10-17(11-9-16)23-20(13-26)15(2)27-24(23)25/h4-12,27H,3,14H2,1-2H3. The van der Waals surface area contributed by atoms with Crippen molar-refractivity contribution < 1.29 is 4.74 Å². The highest BCUT2D eigenvalue weighted by Crippen LogP contribution is 2.33. The fourth-order valence-corrected chi connectivity index (χ4v) is 3.77. The van der Waals surface area contributed by atoms with E-state index in [1.807, 2.05) is 61.5 Å². The highest BCUT2D eigenvalue weighted by atomic mass is 35.5. The maximum absolute atomic E-state index is 9.41. The van der Waals surface area contributed by atoms with Crippen LogP contribution in [0.1, 0.15) is 29.4 Å². The van der Waals surface area contributed by atoms with Crippen LogP contribution in [0.3, 0.4) is 0 Å². The number of para-hydroxylation sites is 1. The third-order valence-electron chi connectivity index (χ3n) is 4.98. The molecule has 144 valence electrons. The number of nitriles is 1. The number of aryl methyl sites for hydroxylation is 2. The maximum Gasteiger partial charge on any atom is 0.131 e.